The van der Waals surface area contributed by atoms with Gasteiger partial charge < -0.3 is 19.8 Å². The Morgan fingerprint density at radius 1 is 1.38 bits per heavy atom. The minimum atomic E-state index is -0.0557. The van der Waals surface area contributed by atoms with Gasteiger partial charge in [-0.25, -0.2) is 0 Å². The van der Waals surface area contributed by atoms with E-state index in [1.807, 2.05) is 6.07 Å². The summed E-state index contributed by atoms with van der Waals surface area (Å²) < 4.78 is 10.4. The molecule has 0 spiro atoms. The van der Waals surface area contributed by atoms with Crippen molar-refractivity contribution in [2.24, 2.45) is 0 Å². The quantitative estimate of drug-likeness (QED) is 0.825. The highest BCUT2D eigenvalue weighted by Crippen LogP contribution is 2.27. The molecule has 1 aromatic carbocycles. The van der Waals surface area contributed by atoms with E-state index >= 15 is 0 Å². The number of benzene rings is 1. The fraction of sp³-hybridized carbons (Fsp3) is 0.267. The average Bonchev–Trinajstić information content (AvgIpc) is 2.99. The van der Waals surface area contributed by atoms with Crippen LogP contribution in [0.3, 0.4) is 0 Å². The third-order valence-corrected chi connectivity index (χ3v) is 3.10. The Balaban J connectivity index is 1.76. The predicted molar refractivity (Wildman–Crippen MR) is 81.7 cm³/mol. The van der Waals surface area contributed by atoms with E-state index in [0.717, 1.165) is 11.4 Å². The smallest absolute Gasteiger partial charge is 0.222 e. The van der Waals surface area contributed by atoms with Crippen LogP contribution in [0.5, 0.6) is 5.75 Å². The zero-order valence-corrected chi connectivity index (χ0v) is 12.4. The lowest BCUT2D eigenvalue weighted by molar-refractivity contribution is -0.121. The molecule has 2 aromatic rings. The Hall–Kier alpha value is -2.14. The van der Waals surface area contributed by atoms with E-state index in [0.29, 0.717) is 30.3 Å². The summed E-state index contributed by atoms with van der Waals surface area (Å²) in [6.45, 7) is 0.882. The normalized spacial score (nSPS) is 10.2. The third-order valence-electron chi connectivity index (χ3n) is 2.87. The molecule has 0 saturated carbocycles. The molecule has 2 rings (SSSR count). The molecule has 1 amide bonds. The minimum Gasteiger partial charge on any atom is -0.495 e. The minimum absolute atomic E-state index is 0.0557. The van der Waals surface area contributed by atoms with Crippen LogP contribution in [0.1, 0.15) is 12.2 Å². The van der Waals surface area contributed by atoms with Gasteiger partial charge in [0.05, 0.1) is 25.6 Å². The Bertz CT molecular complexity index is 585. The summed E-state index contributed by atoms with van der Waals surface area (Å²) in [6, 6.07) is 8.90. The lowest BCUT2D eigenvalue weighted by Crippen LogP contribution is -2.24. The van der Waals surface area contributed by atoms with Crippen molar-refractivity contribution in [3.05, 3.63) is 47.4 Å². The fourth-order valence-corrected chi connectivity index (χ4v) is 1.99. The van der Waals surface area contributed by atoms with E-state index in [2.05, 4.69) is 10.6 Å². The summed E-state index contributed by atoms with van der Waals surface area (Å²) in [5, 5.41) is 6.53. The second kappa shape index (κ2) is 7.59. The van der Waals surface area contributed by atoms with Gasteiger partial charge in [0.2, 0.25) is 5.91 Å². The van der Waals surface area contributed by atoms with Gasteiger partial charge in [-0.05, 0) is 30.3 Å². The molecule has 1 heterocycles. The average molecular weight is 309 g/mol. The number of carbonyl (C=O) groups is 1. The summed E-state index contributed by atoms with van der Waals surface area (Å²) in [4.78, 5) is 11.7. The first-order chi connectivity index (χ1) is 10.2. The van der Waals surface area contributed by atoms with Gasteiger partial charge in [-0.15, -0.1) is 0 Å². The standard InChI is InChI=1S/C15H17ClN2O3/c1-20-14-5-4-11(16)9-13(14)17-7-6-15(19)18-10-12-3-2-8-21-12/h2-5,8-9,17H,6-7,10H2,1H3,(H,18,19). The molecule has 0 unspecified atom stereocenters. The SMILES string of the molecule is COc1ccc(Cl)cc1NCCC(=O)NCc1ccco1. The van der Waals surface area contributed by atoms with Crippen molar-refractivity contribution < 1.29 is 13.9 Å². The molecule has 2 N–H and O–H groups in total. The van der Waals surface area contributed by atoms with E-state index < -0.39 is 0 Å². The molecule has 0 fully saturated rings. The number of methoxy groups -OCH3 is 1. The van der Waals surface area contributed by atoms with Gasteiger partial charge in [0.15, 0.2) is 0 Å². The first kappa shape index (κ1) is 15.3. The molecule has 1 aromatic heterocycles. The van der Waals surface area contributed by atoms with Crippen LogP contribution in [0.25, 0.3) is 0 Å². The molecule has 0 radical (unpaired) electrons. The van der Waals surface area contributed by atoms with Crippen molar-refractivity contribution in [3.63, 3.8) is 0 Å². The van der Waals surface area contributed by atoms with Crippen molar-refractivity contribution in [2.75, 3.05) is 19.0 Å². The summed E-state index contributed by atoms with van der Waals surface area (Å²) >= 11 is 5.94. The summed E-state index contributed by atoms with van der Waals surface area (Å²) in [7, 11) is 1.59. The van der Waals surface area contributed by atoms with Crippen molar-refractivity contribution in [2.45, 2.75) is 13.0 Å². The summed E-state index contributed by atoms with van der Waals surface area (Å²) in [5.74, 6) is 1.36. The van der Waals surface area contributed by atoms with E-state index in [4.69, 9.17) is 20.8 Å². The van der Waals surface area contributed by atoms with Gasteiger partial charge in [-0.3, -0.25) is 4.79 Å². The molecule has 112 valence electrons. The van der Waals surface area contributed by atoms with Gasteiger partial charge >= 0.3 is 0 Å². The number of halogens is 1. The maximum atomic E-state index is 11.7. The second-order valence-electron chi connectivity index (χ2n) is 4.38. The Morgan fingerprint density at radius 3 is 2.95 bits per heavy atom. The Morgan fingerprint density at radius 2 is 2.24 bits per heavy atom. The molecule has 5 nitrogen and oxygen atoms in total. The number of ether oxygens (including phenoxy) is 1. The molecular weight excluding hydrogens is 292 g/mol. The summed E-state index contributed by atoms with van der Waals surface area (Å²) in [6.07, 6.45) is 1.92. The van der Waals surface area contributed by atoms with Crippen molar-refractivity contribution >= 4 is 23.2 Å². The number of anilines is 1. The molecule has 0 aliphatic carbocycles. The monoisotopic (exact) mass is 308 g/mol. The number of furan rings is 1. The highest BCUT2D eigenvalue weighted by atomic mass is 35.5. The third kappa shape index (κ3) is 4.72. The Labute approximate surface area is 128 Å². The largest absolute Gasteiger partial charge is 0.495 e. The van der Waals surface area contributed by atoms with Crippen LogP contribution in [0.15, 0.2) is 41.0 Å². The van der Waals surface area contributed by atoms with Crippen LogP contribution in [-0.2, 0) is 11.3 Å². The van der Waals surface area contributed by atoms with Crippen molar-refractivity contribution in [1.29, 1.82) is 0 Å². The molecule has 6 heteroatoms. The van der Waals surface area contributed by atoms with E-state index in [1.54, 1.807) is 37.6 Å². The van der Waals surface area contributed by atoms with Crippen LogP contribution < -0.4 is 15.4 Å². The van der Waals surface area contributed by atoms with E-state index in [9.17, 15) is 4.79 Å². The maximum Gasteiger partial charge on any atom is 0.222 e. The number of hydrogen-bond donors (Lipinski definition) is 2. The topological polar surface area (TPSA) is 63.5 Å². The number of hydrogen-bond acceptors (Lipinski definition) is 4. The van der Waals surface area contributed by atoms with Crippen LogP contribution in [0.2, 0.25) is 5.02 Å². The van der Waals surface area contributed by atoms with Gasteiger partial charge in [0.1, 0.15) is 11.5 Å². The van der Waals surface area contributed by atoms with Gasteiger partial charge in [0.25, 0.3) is 0 Å². The number of rotatable bonds is 7. The van der Waals surface area contributed by atoms with Crippen LogP contribution in [0, 0.1) is 0 Å². The molecule has 0 saturated heterocycles. The van der Waals surface area contributed by atoms with Gasteiger partial charge in [0, 0.05) is 18.0 Å². The summed E-state index contributed by atoms with van der Waals surface area (Å²) in [5.41, 5.74) is 0.767. The zero-order chi connectivity index (χ0) is 15.1. The molecular formula is C15H17ClN2O3. The molecule has 0 aliphatic heterocycles. The van der Waals surface area contributed by atoms with Crippen molar-refractivity contribution in [1.82, 2.24) is 5.32 Å². The van der Waals surface area contributed by atoms with E-state index in [-0.39, 0.29) is 5.91 Å². The second-order valence-corrected chi connectivity index (χ2v) is 4.81. The van der Waals surface area contributed by atoms with Crippen molar-refractivity contribution in [3.8, 4) is 5.75 Å². The number of amides is 1. The van der Waals surface area contributed by atoms with E-state index in [1.165, 1.54) is 0 Å². The maximum absolute atomic E-state index is 11.7. The van der Waals surface area contributed by atoms with Crippen LogP contribution in [0.4, 0.5) is 5.69 Å². The lowest BCUT2D eigenvalue weighted by atomic mass is 10.2. The predicted octanol–water partition coefficient (Wildman–Crippen LogP) is 3.06. The molecule has 21 heavy (non-hydrogen) atoms. The number of carbonyl (C=O) groups excluding carboxylic acids is 1. The Kier molecular flexibility index (Phi) is 5.51. The molecule has 0 bridgehead atoms. The highest BCUT2D eigenvalue weighted by molar-refractivity contribution is 6.30. The molecule has 0 atom stereocenters. The van der Waals surface area contributed by atoms with Crippen LogP contribution in [-0.4, -0.2) is 19.6 Å². The fourth-order valence-electron chi connectivity index (χ4n) is 1.82. The first-order valence-corrected chi connectivity index (χ1v) is 6.93. The first-order valence-electron chi connectivity index (χ1n) is 6.55. The van der Waals surface area contributed by atoms with Gasteiger partial charge in [-0.1, -0.05) is 11.6 Å². The lowest BCUT2D eigenvalue weighted by Gasteiger charge is -2.11. The molecule has 0 aliphatic rings. The number of nitrogens with one attached hydrogen (secondary N) is 2. The highest BCUT2D eigenvalue weighted by Gasteiger charge is 2.06. The zero-order valence-electron chi connectivity index (χ0n) is 11.7. The van der Waals surface area contributed by atoms with Crippen LogP contribution >= 0.6 is 11.6 Å². The van der Waals surface area contributed by atoms with Gasteiger partial charge in [-0.2, -0.15) is 0 Å².